The summed E-state index contributed by atoms with van der Waals surface area (Å²) in [7, 11) is 0. The molecule has 0 aliphatic heterocycles. The Kier molecular flexibility index (Phi) is 9.20. The lowest BCUT2D eigenvalue weighted by atomic mass is 10.1. The van der Waals surface area contributed by atoms with Crippen molar-refractivity contribution in [2.75, 3.05) is 12.4 Å². The van der Waals surface area contributed by atoms with Gasteiger partial charge in [-0.2, -0.15) is 5.10 Å². The number of rotatable bonds is 9. The molecule has 8 heteroatoms. The number of benzene rings is 2. The largest absolute Gasteiger partial charge is 0.484 e. The Balaban J connectivity index is 1.70. The summed E-state index contributed by atoms with van der Waals surface area (Å²) in [5.41, 5.74) is 4.00. The summed E-state index contributed by atoms with van der Waals surface area (Å²) in [6.07, 6.45) is 1.55. The molecule has 0 unspecified atom stereocenters. The van der Waals surface area contributed by atoms with Gasteiger partial charge in [0.25, 0.3) is 5.91 Å². The lowest BCUT2D eigenvalue weighted by molar-refractivity contribution is -0.124. The molecule has 0 spiro atoms. The van der Waals surface area contributed by atoms with E-state index in [0.717, 1.165) is 11.1 Å². The number of thioether (sulfide) groups is 1. The van der Waals surface area contributed by atoms with Gasteiger partial charge in [-0.25, -0.2) is 5.43 Å². The van der Waals surface area contributed by atoms with Crippen molar-refractivity contribution in [2.24, 2.45) is 5.10 Å². The second kappa shape index (κ2) is 11.6. The Morgan fingerprint density at radius 3 is 2.47 bits per heavy atom. The molecule has 2 amide bonds. The Morgan fingerprint density at radius 2 is 1.80 bits per heavy atom. The minimum Gasteiger partial charge on any atom is -0.484 e. The number of halogens is 1. The molecule has 0 atom stereocenters. The number of nitrogens with one attached hydrogen (secondary N) is 2. The van der Waals surface area contributed by atoms with Gasteiger partial charge in [0.05, 0.1) is 12.0 Å². The Labute approximate surface area is 186 Å². The minimum atomic E-state index is -0.293. The summed E-state index contributed by atoms with van der Waals surface area (Å²) >= 11 is 7.56. The minimum absolute atomic E-state index is 0.0490. The summed E-state index contributed by atoms with van der Waals surface area (Å²) in [5, 5.41) is 7.49. The van der Waals surface area contributed by atoms with Crippen molar-refractivity contribution < 1.29 is 14.3 Å². The first-order chi connectivity index (χ1) is 14.2. The maximum Gasteiger partial charge on any atom is 0.258 e. The predicted molar refractivity (Wildman–Crippen MR) is 123 cm³/mol. The molecule has 0 heterocycles. The standard InChI is InChI=1S/C22H26ClN3O3S/c1-22(2,3)25-20(27)13-29-18-10-8-16(9-11-18)12-24-26-21(28)15-30-14-17-6-4-5-7-19(17)23/h4-12H,13-15H2,1-3H3,(H,25,27)(H,26,28)/b24-12-. The van der Waals surface area contributed by atoms with Gasteiger partial charge in [-0.3, -0.25) is 9.59 Å². The molecule has 0 bridgehead atoms. The van der Waals surface area contributed by atoms with Crippen LogP contribution in [0.5, 0.6) is 5.75 Å². The average molecular weight is 448 g/mol. The highest BCUT2D eigenvalue weighted by Gasteiger charge is 2.13. The molecule has 6 nitrogen and oxygen atoms in total. The van der Waals surface area contributed by atoms with Crippen molar-refractivity contribution in [2.45, 2.75) is 32.1 Å². The second-order valence-corrected chi connectivity index (χ2v) is 8.93. The fraction of sp³-hybridized carbons (Fsp3) is 0.318. The van der Waals surface area contributed by atoms with E-state index < -0.39 is 0 Å². The van der Waals surface area contributed by atoms with Crippen LogP contribution in [0.3, 0.4) is 0 Å². The van der Waals surface area contributed by atoms with Crippen LogP contribution in [0.25, 0.3) is 0 Å². The number of carbonyl (C=O) groups excluding carboxylic acids is 2. The summed E-state index contributed by atoms with van der Waals surface area (Å²) < 4.78 is 5.46. The van der Waals surface area contributed by atoms with Crippen LogP contribution in [0, 0.1) is 0 Å². The van der Waals surface area contributed by atoms with Crippen molar-refractivity contribution in [1.82, 2.24) is 10.7 Å². The third kappa shape index (κ3) is 9.33. The first kappa shape index (κ1) is 23.8. The molecular weight excluding hydrogens is 422 g/mol. The van der Waals surface area contributed by atoms with Gasteiger partial charge >= 0.3 is 0 Å². The SMILES string of the molecule is CC(C)(C)NC(=O)COc1ccc(/C=N\NC(=O)CSCc2ccccc2Cl)cc1. The van der Waals surface area contributed by atoms with Gasteiger partial charge in [0.15, 0.2) is 6.61 Å². The second-order valence-electron chi connectivity index (χ2n) is 7.53. The van der Waals surface area contributed by atoms with E-state index in [0.29, 0.717) is 16.5 Å². The van der Waals surface area contributed by atoms with E-state index >= 15 is 0 Å². The molecule has 0 aliphatic rings. The van der Waals surface area contributed by atoms with Crippen LogP contribution in [0.4, 0.5) is 0 Å². The quantitative estimate of drug-likeness (QED) is 0.449. The van der Waals surface area contributed by atoms with Crippen molar-refractivity contribution in [3.8, 4) is 5.75 Å². The van der Waals surface area contributed by atoms with E-state index in [1.54, 1.807) is 30.5 Å². The zero-order valence-electron chi connectivity index (χ0n) is 17.3. The number of hydrogen-bond acceptors (Lipinski definition) is 5. The van der Waals surface area contributed by atoms with Crippen molar-refractivity contribution in [3.05, 3.63) is 64.7 Å². The molecule has 0 saturated heterocycles. The Bertz CT molecular complexity index is 880. The van der Waals surface area contributed by atoms with Gasteiger partial charge in [-0.05, 0) is 62.2 Å². The number of amides is 2. The lowest BCUT2D eigenvalue weighted by Crippen LogP contribution is -2.43. The smallest absolute Gasteiger partial charge is 0.258 e. The molecule has 160 valence electrons. The maximum atomic E-state index is 11.9. The first-order valence-corrected chi connectivity index (χ1v) is 10.9. The van der Waals surface area contributed by atoms with Crippen molar-refractivity contribution in [3.63, 3.8) is 0 Å². The summed E-state index contributed by atoms with van der Waals surface area (Å²) in [6.45, 7) is 5.69. The van der Waals surface area contributed by atoms with E-state index in [4.69, 9.17) is 16.3 Å². The number of carbonyl (C=O) groups is 2. The lowest BCUT2D eigenvalue weighted by Gasteiger charge is -2.20. The molecule has 0 fully saturated rings. The van der Waals surface area contributed by atoms with Crippen LogP contribution in [-0.4, -0.2) is 35.9 Å². The van der Waals surface area contributed by atoms with Crippen LogP contribution in [-0.2, 0) is 15.3 Å². The van der Waals surface area contributed by atoms with Gasteiger partial charge < -0.3 is 10.1 Å². The molecule has 2 aromatic carbocycles. The highest BCUT2D eigenvalue weighted by atomic mass is 35.5. The van der Waals surface area contributed by atoms with Gasteiger partial charge in [-0.1, -0.05) is 29.8 Å². The molecular formula is C22H26ClN3O3S. The van der Waals surface area contributed by atoms with Gasteiger partial charge in [0.2, 0.25) is 5.91 Å². The van der Waals surface area contributed by atoms with E-state index in [1.165, 1.54) is 11.8 Å². The molecule has 0 aromatic heterocycles. The van der Waals surface area contributed by atoms with Crippen LogP contribution in [0.1, 0.15) is 31.9 Å². The average Bonchev–Trinajstić information content (AvgIpc) is 2.67. The monoisotopic (exact) mass is 447 g/mol. The van der Waals surface area contributed by atoms with Crippen molar-refractivity contribution in [1.29, 1.82) is 0 Å². The molecule has 2 N–H and O–H groups in total. The van der Waals surface area contributed by atoms with Crippen LogP contribution >= 0.6 is 23.4 Å². The zero-order chi connectivity index (χ0) is 22.0. The van der Waals surface area contributed by atoms with Crippen LogP contribution < -0.4 is 15.5 Å². The van der Waals surface area contributed by atoms with E-state index in [1.807, 2.05) is 45.0 Å². The molecule has 2 rings (SSSR count). The third-order valence-electron chi connectivity index (χ3n) is 3.62. The molecule has 30 heavy (non-hydrogen) atoms. The fourth-order valence-corrected chi connectivity index (χ4v) is 3.44. The Hall–Kier alpha value is -2.51. The van der Waals surface area contributed by atoms with Crippen LogP contribution in [0.15, 0.2) is 53.6 Å². The third-order valence-corrected chi connectivity index (χ3v) is 4.97. The van der Waals surface area contributed by atoms with Gasteiger partial charge in [-0.15, -0.1) is 11.8 Å². The summed E-state index contributed by atoms with van der Waals surface area (Å²) in [6, 6.07) is 14.6. The number of hydrazone groups is 1. The molecule has 0 radical (unpaired) electrons. The number of hydrogen-bond donors (Lipinski definition) is 2. The first-order valence-electron chi connectivity index (χ1n) is 9.40. The van der Waals surface area contributed by atoms with E-state index in [2.05, 4.69) is 15.8 Å². The zero-order valence-corrected chi connectivity index (χ0v) is 18.8. The topological polar surface area (TPSA) is 79.8 Å². The predicted octanol–water partition coefficient (Wildman–Crippen LogP) is 4.02. The van der Waals surface area contributed by atoms with Gasteiger partial charge in [0.1, 0.15) is 5.75 Å². The fourth-order valence-electron chi connectivity index (χ4n) is 2.33. The summed E-state index contributed by atoms with van der Waals surface area (Å²) in [5.74, 6) is 1.16. The number of ether oxygens (including phenoxy) is 1. The van der Waals surface area contributed by atoms with E-state index in [9.17, 15) is 9.59 Å². The van der Waals surface area contributed by atoms with Gasteiger partial charge in [0, 0.05) is 16.3 Å². The molecule has 0 aliphatic carbocycles. The number of nitrogens with zero attached hydrogens (tertiary/aromatic N) is 1. The van der Waals surface area contributed by atoms with E-state index in [-0.39, 0.29) is 29.7 Å². The highest BCUT2D eigenvalue weighted by molar-refractivity contribution is 7.99. The maximum absolute atomic E-state index is 11.9. The summed E-state index contributed by atoms with van der Waals surface area (Å²) in [4.78, 5) is 23.6. The normalized spacial score (nSPS) is 11.3. The molecule has 2 aromatic rings. The van der Waals surface area contributed by atoms with Crippen molar-refractivity contribution >= 4 is 41.4 Å². The highest BCUT2D eigenvalue weighted by Crippen LogP contribution is 2.20. The van der Waals surface area contributed by atoms with Crippen LogP contribution in [0.2, 0.25) is 5.02 Å². The molecule has 0 saturated carbocycles. The Morgan fingerprint density at radius 1 is 1.10 bits per heavy atom.